The Balaban J connectivity index is 2.17. The second-order valence-corrected chi connectivity index (χ2v) is 5.66. The van der Waals surface area contributed by atoms with Crippen molar-refractivity contribution >= 4 is 34.9 Å². The van der Waals surface area contributed by atoms with Crippen LogP contribution in [0.3, 0.4) is 0 Å². The van der Waals surface area contributed by atoms with E-state index in [0.717, 1.165) is 0 Å². The molecule has 2 aromatic carbocycles. The van der Waals surface area contributed by atoms with Gasteiger partial charge in [-0.3, -0.25) is 4.79 Å². The molecule has 0 saturated heterocycles. The van der Waals surface area contributed by atoms with Crippen molar-refractivity contribution in [3.8, 4) is 5.75 Å². The van der Waals surface area contributed by atoms with E-state index in [-0.39, 0.29) is 34.6 Å². The standard InChI is InChI=1S/C16H14Cl2FNO3/c1-20-12-3-10(2-11(19)7-12)8-23-16-13(17)4-9(5-14(16)18)6-15(21)22/h2-5,7,20H,6,8H2,1H3,(H,21,22). The second-order valence-electron chi connectivity index (χ2n) is 4.85. The van der Waals surface area contributed by atoms with Crippen LogP contribution in [0.15, 0.2) is 30.3 Å². The van der Waals surface area contributed by atoms with Crippen molar-refractivity contribution in [2.75, 3.05) is 12.4 Å². The van der Waals surface area contributed by atoms with E-state index in [2.05, 4.69) is 5.32 Å². The molecule has 0 amide bonds. The molecule has 2 rings (SSSR count). The van der Waals surface area contributed by atoms with Gasteiger partial charge in [-0.15, -0.1) is 0 Å². The molecule has 0 bridgehead atoms. The number of aliphatic carboxylic acids is 1. The summed E-state index contributed by atoms with van der Waals surface area (Å²) in [7, 11) is 1.69. The number of hydrogen-bond acceptors (Lipinski definition) is 3. The van der Waals surface area contributed by atoms with Crippen molar-refractivity contribution in [3.05, 3.63) is 57.3 Å². The van der Waals surface area contributed by atoms with Crippen molar-refractivity contribution in [2.45, 2.75) is 13.0 Å². The molecule has 0 aliphatic rings. The minimum atomic E-state index is -0.981. The molecule has 0 saturated carbocycles. The summed E-state index contributed by atoms with van der Waals surface area (Å²) in [5.74, 6) is -1.13. The summed E-state index contributed by atoms with van der Waals surface area (Å²) in [6.07, 6.45) is -0.185. The van der Waals surface area contributed by atoms with Crippen molar-refractivity contribution in [3.63, 3.8) is 0 Å². The number of nitrogens with one attached hydrogen (secondary N) is 1. The summed E-state index contributed by atoms with van der Waals surface area (Å²) in [6, 6.07) is 7.43. The van der Waals surface area contributed by atoms with E-state index in [0.29, 0.717) is 16.8 Å². The van der Waals surface area contributed by atoms with Crippen LogP contribution in [0.2, 0.25) is 10.0 Å². The molecule has 122 valence electrons. The highest BCUT2D eigenvalue weighted by Gasteiger charge is 2.12. The van der Waals surface area contributed by atoms with Gasteiger partial charge in [-0.2, -0.15) is 0 Å². The molecular formula is C16H14Cl2FNO3. The van der Waals surface area contributed by atoms with E-state index in [1.54, 1.807) is 13.1 Å². The Labute approximate surface area is 142 Å². The zero-order chi connectivity index (χ0) is 17.0. The Kier molecular flexibility index (Phi) is 5.69. The molecule has 7 heteroatoms. The maximum absolute atomic E-state index is 13.5. The third kappa shape index (κ3) is 4.74. The van der Waals surface area contributed by atoms with E-state index >= 15 is 0 Å². The van der Waals surface area contributed by atoms with Crippen LogP contribution in [0.5, 0.6) is 5.75 Å². The van der Waals surface area contributed by atoms with Crippen molar-refractivity contribution in [2.24, 2.45) is 0 Å². The van der Waals surface area contributed by atoms with Crippen LogP contribution in [0.25, 0.3) is 0 Å². The normalized spacial score (nSPS) is 10.4. The maximum atomic E-state index is 13.5. The Bertz CT molecular complexity index is 714. The lowest BCUT2D eigenvalue weighted by Gasteiger charge is -2.12. The van der Waals surface area contributed by atoms with Gasteiger partial charge in [0.15, 0.2) is 5.75 Å². The lowest BCUT2D eigenvalue weighted by molar-refractivity contribution is -0.136. The first-order chi connectivity index (χ1) is 10.9. The molecule has 0 aliphatic heterocycles. The van der Waals surface area contributed by atoms with Crippen LogP contribution < -0.4 is 10.1 Å². The molecule has 0 atom stereocenters. The molecular weight excluding hydrogens is 344 g/mol. The van der Waals surface area contributed by atoms with Crippen molar-refractivity contribution in [1.29, 1.82) is 0 Å². The molecule has 2 aromatic rings. The Morgan fingerprint density at radius 2 is 1.83 bits per heavy atom. The minimum Gasteiger partial charge on any atom is -0.486 e. The second kappa shape index (κ2) is 7.53. The van der Waals surface area contributed by atoms with Crippen LogP contribution in [-0.4, -0.2) is 18.1 Å². The number of hydrogen-bond donors (Lipinski definition) is 2. The molecule has 0 aliphatic carbocycles. The molecule has 0 radical (unpaired) electrons. The molecule has 0 unspecified atom stereocenters. The van der Waals surface area contributed by atoms with Gasteiger partial charge in [-0.1, -0.05) is 23.2 Å². The van der Waals surface area contributed by atoms with Gasteiger partial charge in [0.1, 0.15) is 12.4 Å². The van der Waals surface area contributed by atoms with E-state index in [1.807, 2.05) is 0 Å². The largest absolute Gasteiger partial charge is 0.486 e. The van der Waals surface area contributed by atoms with Crippen LogP contribution in [-0.2, 0) is 17.8 Å². The summed E-state index contributed by atoms with van der Waals surface area (Å²) in [5.41, 5.74) is 1.71. The summed E-state index contributed by atoms with van der Waals surface area (Å²) in [5, 5.41) is 12.1. The number of benzene rings is 2. The summed E-state index contributed by atoms with van der Waals surface area (Å²) >= 11 is 12.2. The zero-order valence-electron chi connectivity index (χ0n) is 12.2. The van der Waals surface area contributed by atoms with Gasteiger partial charge < -0.3 is 15.2 Å². The third-order valence-electron chi connectivity index (χ3n) is 3.04. The molecule has 0 heterocycles. The Morgan fingerprint density at radius 1 is 1.17 bits per heavy atom. The van der Waals surface area contributed by atoms with Gasteiger partial charge in [-0.05, 0) is 41.5 Å². The van der Waals surface area contributed by atoms with Gasteiger partial charge in [-0.25, -0.2) is 4.39 Å². The lowest BCUT2D eigenvalue weighted by atomic mass is 10.1. The maximum Gasteiger partial charge on any atom is 0.307 e. The molecule has 0 spiro atoms. The first kappa shape index (κ1) is 17.4. The highest BCUT2D eigenvalue weighted by atomic mass is 35.5. The third-order valence-corrected chi connectivity index (χ3v) is 3.60. The SMILES string of the molecule is CNc1cc(F)cc(COc2c(Cl)cc(CC(=O)O)cc2Cl)c1. The van der Waals surface area contributed by atoms with Gasteiger partial charge in [0.2, 0.25) is 0 Å². The summed E-state index contributed by atoms with van der Waals surface area (Å²) in [6.45, 7) is 0.0736. The average molecular weight is 358 g/mol. The van der Waals surface area contributed by atoms with Gasteiger partial charge in [0, 0.05) is 12.7 Å². The molecule has 0 aromatic heterocycles. The van der Waals surface area contributed by atoms with E-state index in [9.17, 15) is 9.18 Å². The highest BCUT2D eigenvalue weighted by molar-refractivity contribution is 6.37. The monoisotopic (exact) mass is 357 g/mol. The highest BCUT2D eigenvalue weighted by Crippen LogP contribution is 2.35. The number of halogens is 3. The van der Waals surface area contributed by atoms with E-state index in [4.69, 9.17) is 33.0 Å². The number of carbonyl (C=O) groups is 1. The zero-order valence-corrected chi connectivity index (χ0v) is 13.7. The Morgan fingerprint density at radius 3 is 2.39 bits per heavy atom. The van der Waals surface area contributed by atoms with Crippen molar-refractivity contribution < 1.29 is 19.0 Å². The fourth-order valence-electron chi connectivity index (χ4n) is 2.06. The summed E-state index contributed by atoms with van der Waals surface area (Å²) < 4.78 is 19.0. The first-order valence-corrected chi connectivity index (χ1v) is 7.44. The fourth-order valence-corrected chi connectivity index (χ4v) is 2.70. The fraction of sp³-hybridized carbons (Fsp3) is 0.188. The Hall–Kier alpha value is -1.98. The molecule has 2 N–H and O–H groups in total. The van der Waals surface area contributed by atoms with Gasteiger partial charge in [0.25, 0.3) is 0 Å². The molecule has 23 heavy (non-hydrogen) atoms. The van der Waals surface area contributed by atoms with Crippen LogP contribution in [0.4, 0.5) is 10.1 Å². The van der Waals surface area contributed by atoms with Crippen LogP contribution in [0.1, 0.15) is 11.1 Å². The number of carboxylic acid groups (broad SMARTS) is 1. The number of carboxylic acids is 1. The van der Waals surface area contributed by atoms with Gasteiger partial charge >= 0.3 is 5.97 Å². The minimum absolute atomic E-state index is 0.0736. The van der Waals surface area contributed by atoms with Crippen molar-refractivity contribution in [1.82, 2.24) is 0 Å². The average Bonchev–Trinajstić information content (AvgIpc) is 2.45. The number of ether oxygens (including phenoxy) is 1. The molecule has 4 nitrogen and oxygen atoms in total. The number of rotatable bonds is 6. The van der Waals surface area contributed by atoms with E-state index < -0.39 is 5.97 Å². The number of anilines is 1. The smallest absolute Gasteiger partial charge is 0.307 e. The predicted octanol–water partition coefficient (Wildman–Crippen LogP) is 4.38. The lowest BCUT2D eigenvalue weighted by Crippen LogP contribution is -2.02. The van der Waals surface area contributed by atoms with Gasteiger partial charge in [0.05, 0.1) is 16.5 Å². The quantitative estimate of drug-likeness (QED) is 0.805. The molecule has 0 fully saturated rings. The predicted molar refractivity (Wildman–Crippen MR) is 88.1 cm³/mol. The topological polar surface area (TPSA) is 58.6 Å². The van der Waals surface area contributed by atoms with E-state index in [1.165, 1.54) is 24.3 Å². The first-order valence-electron chi connectivity index (χ1n) is 6.68. The van der Waals surface area contributed by atoms with Crippen LogP contribution in [0, 0.1) is 5.82 Å². The van der Waals surface area contributed by atoms with Crippen LogP contribution >= 0.6 is 23.2 Å². The summed E-state index contributed by atoms with van der Waals surface area (Å²) in [4.78, 5) is 10.7.